The van der Waals surface area contributed by atoms with Gasteiger partial charge in [0.1, 0.15) is 36.0 Å². The maximum Gasteiger partial charge on any atom is 1.00 e. The number of alkyl halides is 5. The molecule has 1 aliphatic rings. The molecule has 79 heavy (non-hydrogen) atoms. The van der Waals surface area contributed by atoms with Gasteiger partial charge in [-0.15, -0.1) is 11.3 Å². The van der Waals surface area contributed by atoms with Gasteiger partial charge in [-0.3, -0.25) is 0 Å². The summed E-state index contributed by atoms with van der Waals surface area (Å²) in [6.07, 6.45) is 2.49. The number of aromatic carboxylic acids is 2. The molecule has 13 nitrogen and oxygen atoms in total. The molecular weight excluding hydrogens is 1110 g/mol. The van der Waals surface area contributed by atoms with Crippen LogP contribution in [0.15, 0.2) is 129 Å². The van der Waals surface area contributed by atoms with Gasteiger partial charge in [0, 0.05) is 27.0 Å². The number of hydrogen-bond acceptors (Lipinski definition) is 14. The quantitative estimate of drug-likeness (QED) is 0.107. The van der Waals surface area contributed by atoms with Crippen molar-refractivity contribution in [2.45, 2.75) is 73.8 Å². The van der Waals surface area contributed by atoms with Crippen molar-refractivity contribution in [3.05, 3.63) is 170 Å². The Balaban J connectivity index is 0.00000411. The number of rotatable bonds is 14. The minimum atomic E-state index is -5.60. The molecule has 0 spiro atoms. The Kier molecular flexibility index (Phi) is 16.1. The van der Waals surface area contributed by atoms with Crippen molar-refractivity contribution >= 4 is 81.8 Å². The number of allylic oxidation sites excluding steroid dienone is 1. The summed E-state index contributed by atoms with van der Waals surface area (Å²) in [5, 5.41) is 22.0. The zero-order chi connectivity index (χ0) is 55.3. The van der Waals surface area contributed by atoms with Gasteiger partial charge in [0.2, 0.25) is 9.84 Å². The van der Waals surface area contributed by atoms with Gasteiger partial charge in [0.25, 0.3) is 9.84 Å². The summed E-state index contributed by atoms with van der Waals surface area (Å²) < 4.78 is 143. The fourth-order valence-corrected chi connectivity index (χ4v) is 13.2. The van der Waals surface area contributed by atoms with Crippen LogP contribution in [0, 0.1) is 27.7 Å². The number of sulfone groups is 2. The SMILES string of the molecule is Cc1c(-c2cc(C(=O)[O-])c3c(OCc4ccc(S(=O)(=O)C(F)(F)F)cc4)ccc(C)c3n2)sc2c1C(C)(C(F)(F)S(=O)(=O)c1ccc(COc3ccc(C)c4nc(-c5oc6ccccc6c5C)cc(C(=O)[O-])c34)cc1)C=C2.[Na+].[Na+]. The molecule has 394 valence electrons. The van der Waals surface area contributed by atoms with Crippen LogP contribution in [0.1, 0.15) is 71.5 Å². The van der Waals surface area contributed by atoms with Crippen molar-refractivity contribution in [1.82, 2.24) is 9.97 Å². The normalized spacial score (nSPS) is 14.5. The standard InChI is InChI=1S/C56H41F5N2O11S3.2Na/c1-28-10-20-42(45-37(52(64)65)24-39(62-48(28)45)50-30(3)36-8-6-7-9-41(36)74-50)72-26-32-12-16-34(17-13-32)76(68,69)55(57,58)54(5)23-22-44-47(54)31(4)51(75-44)40-25-38(53(66)67)46-43(21-11-29(2)49(46)63-40)73-27-33-14-18-35(19-15-33)77(70,71)56(59,60)61;;/h6-25H,26-27H2,1-5H3,(H,64,65)(H,66,67);;/q;2*+1/p-2. The molecule has 1 atom stereocenters. The number of carboxylic acids is 2. The number of ether oxygens (including phenoxy) is 2. The molecule has 4 heterocycles. The van der Waals surface area contributed by atoms with E-state index in [1.54, 1.807) is 38.1 Å². The van der Waals surface area contributed by atoms with Gasteiger partial charge in [-0.25, -0.2) is 26.8 Å². The molecule has 0 saturated heterocycles. The molecule has 4 aromatic heterocycles. The van der Waals surface area contributed by atoms with Crippen molar-refractivity contribution in [2.24, 2.45) is 0 Å². The molecule has 0 aliphatic heterocycles. The second-order valence-corrected chi connectivity index (χ2v) is 23.6. The van der Waals surface area contributed by atoms with Crippen molar-refractivity contribution in [3.63, 3.8) is 0 Å². The van der Waals surface area contributed by atoms with E-state index in [4.69, 9.17) is 23.9 Å². The molecule has 1 unspecified atom stereocenters. The van der Waals surface area contributed by atoms with Crippen LogP contribution in [0.5, 0.6) is 11.5 Å². The number of fused-ring (bicyclic) bond motifs is 4. The van der Waals surface area contributed by atoms with E-state index in [2.05, 4.69) is 0 Å². The smallest absolute Gasteiger partial charge is 0.545 e. The number of halogens is 5. The number of nitrogens with zero attached hydrogens (tertiary/aromatic N) is 2. The number of carbonyl (C=O) groups excluding carboxylic acids is 2. The number of aromatic nitrogens is 2. The maximum absolute atomic E-state index is 17.1. The monoisotopic (exact) mass is 1150 g/mol. The molecule has 0 radical (unpaired) electrons. The fourth-order valence-electron chi connectivity index (χ4n) is 9.62. The molecule has 0 amide bonds. The molecule has 1 aliphatic carbocycles. The van der Waals surface area contributed by atoms with E-state index in [1.807, 2.05) is 25.1 Å². The van der Waals surface area contributed by atoms with E-state index in [9.17, 15) is 49.8 Å². The molecule has 0 saturated carbocycles. The molecule has 5 aromatic carbocycles. The van der Waals surface area contributed by atoms with Gasteiger partial charge < -0.3 is 33.7 Å². The van der Waals surface area contributed by atoms with E-state index in [0.717, 1.165) is 71.7 Å². The number of carbonyl (C=O) groups is 2. The van der Waals surface area contributed by atoms with Gasteiger partial charge >= 0.3 is 69.9 Å². The number of carboxylic acid groups (broad SMARTS) is 2. The van der Waals surface area contributed by atoms with Gasteiger partial charge in [-0.2, -0.15) is 22.0 Å². The molecule has 0 fully saturated rings. The summed E-state index contributed by atoms with van der Waals surface area (Å²) in [5.41, 5.74) is -4.60. The second-order valence-electron chi connectivity index (χ2n) is 18.6. The molecule has 0 bridgehead atoms. The third-order valence-corrected chi connectivity index (χ3v) is 18.5. The summed E-state index contributed by atoms with van der Waals surface area (Å²) in [6.45, 7) is 7.25. The van der Waals surface area contributed by atoms with Crippen molar-refractivity contribution in [1.29, 1.82) is 0 Å². The van der Waals surface area contributed by atoms with E-state index in [0.29, 0.717) is 33.6 Å². The Morgan fingerprint density at radius 3 is 1.63 bits per heavy atom. The maximum atomic E-state index is 17.1. The molecular formula is C56H39F5N2Na2O11S3. The summed E-state index contributed by atoms with van der Waals surface area (Å²) in [5.74, 6) is -2.67. The zero-order valence-corrected chi connectivity index (χ0v) is 49.4. The first-order valence-corrected chi connectivity index (χ1v) is 27.0. The van der Waals surface area contributed by atoms with Crippen LogP contribution in [-0.2, 0) is 38.3 Å². The van der Waals surface area contributed by atoms with Crippen molar-refractivity contribution in [2.75, 3.05) is 0 Å². The minimum Gasteiger partial charge on any atom is -0.545 e. The van der Waals surface area contributed by atoms with Crippen LogP contribution >= 0.6 is 11.3 Å². The number of benzene rings is 5. The van der Waals surface area contributed by atoms with Crippen molar-refractivity contribution < 1.29 is 132 Å². The molecule has 10 rings (SSSR count). The molecule has 23 heteroatoms. The number of furan rings is 1. The summed E-state index contributed by atoms with van der Waals surface area (Å²) >= 11 is 0.994. The Bertz CT molecular complexity index is 4240. The predicted octanol–water partition coefficient (Wildman–Crippen LogP) is 4.70. The third-order valence-electron chi connectivity index (χ3n) is 13.8. The number of pyridine rings is 2. The Hall–Kier alpha value is -6.01. The van der Waals surface area contributed by atoms with Crippen LogP contribution < -0.4 is 78.8 Å². The minimum absolute atomic E-state index is 0. The molecule has 9 aromatic rings. The van der Waals surface area contributed by atoms with E-state index in [-0.39, 0.29) is 144 Å². The number of hydrogen-bond donors (Lipinski definition) is 0. The van der Waals surface area contributed by atoms with Crippen LogP contribution in [0.4, 0.5) is 22.0 Å². The Labute approximate surface area is 496 Å². The van der Waals surface area contributed by atoms with Gasteiger partial charge in [0.15, 0.2) is 5.76 Å². The molecule has 0 N–H and O–H groups in total. The largest absolute Gasteiger partial charge is 1.00 e. The van der Waals surface area contributed by atoms with Crippen LogP contribution in [-0.4, -0.2) is 49.5 Å². The average Bonchev–Trinajstić information content (AvgIpc) is 4.30. The summed E-state index contributed by atoms with van der Waals surface area (Å²) in [6, 6.07) is 24.6. The fraction of sp³-hybridized carbons (Fsp3) is 0.179. The van der Waals surface area contributed by atoms with Gasteiger partial charge in [0.05, 0.1) is 59.5 Å². The zero-order valence-electron chi connectivity index (χ0n) is 43.0. The van der Waals surface area contributed by atoms with Crippen LogP contribution in [0.3, 0.4) is 0 Å². The van der Waals surface area contributed by atoms with E-state index < -0.39 is 63.1 Å². The topological polar surface area (TPSA) is 206 Å². The van der Waals surface area contributed by atoms with Crippen LogP contribution in [0.25, 0.3) is 60.9 Å². The van der Waals surface area contributed by atoms with Gasteiger partial charge in [-0.1, -0.05) is 60.7 Å². The first-order chi connectivity index (χ1) is 36.2. The first-order valence-electron chi connectivity index (χ1n) is 23.3. The van der Waals surface area contributed by atoms with E-state index in [1.165, 1.54) is 43.3 Å². The van der Waals surface area contributed by atoms with Crippen molar-refractivity contribution in [3.8, 4) is 33.5 Å². The first kappa shape index (κ1) is 59.1. The number of para-hydroxylation sites is 1. The predicted molar refractivity (Wildman–Crippen MR) is 273 cm³/mol. The summed E-state index contributed by atoms with van der Waals surface area (Å²) in [7, 11) is -11.1. The van der Waals surface area contributed by atoms with Crippen LogP contribution in [0.2, 0.25) is 0 Å². The second kappa shape index (κ2) is 21.5. The summed E-state index contributed by atoms with van der Waals surface area (Å²) in [4.78, 5) is 33.8. The third kappa shape index (κ3) is 9.98. The number of thiophene rings is 1. The Morgan fingerprint density at radius 1 is 0.658 bits per heavy atom. The van der Waals surface area contributed by atoms with E-state index >= 15 is 8.78 Å². The van der Waals surface area contributed by atoms with Gasteiger partial charge in [-0.05, 0) is 129 Å². The Morgan fingerprint density at radius 2 is 1.14 bits per heavy atom. The average molecular weight is 1150 g/mol. The number of aryl methyl sites for hydroxylation is 3.